The van der Waals surface area contributed by atoms with Crippen LogP contribution in [0.3, 0.4) is 0 Å². The van der Waals surface area contributed by atoms with Crippen molar-refractivity contribution in [1.82, 2.24) is 15.5 Å². The van der Waals surface area contributed by atoms with E-state index >= 15 is 0 Å². The normalized spacial score (nSPS) is 12.7. The summed E-state index contributed by atoms with van der Waals surface area (Å²) in [5.41, 5.74) is 1.28. The van der Waals surface area contributed by atoms with Gasteiger partial charge in [0.05, 0.1) is 6.61 Å². The van der Waals surface area contributed by atoms with Crippen LogP contribution in [0.25, 0.3) is 0 Å². The Balaban J connectivity index is 2.40. The summed E-state index contributed by atoms with van der Waals surface area (Å²) in [5, 5.41) is 15.3. The zero-order valence-corrected chi connectivity index (χ0v) is 21.4. The van der Waals surface area contributed by atoms with Crippen molar-refractivity contribution in [3.63, 3.8) is 0 Å². The van der Waals surface area contributed by atoms with Crippen molar-refractivity contribution in [2.24, 2.45) is 0 Å². The molecule has 0 aromatic heterocycles. The highest BCUT2D eigenvalue weighted by Gasteiger charge is 2.37. The summed E-state index contributed by atoms with van der Waals surface area (Å²) in [6.07, 6.45) is 4.63. The molecule has 3 N–H and O–H groups in total. The van der Waals surface area contributed by atoms with Gasteiger partial charge in [-0.25, -0.2) is 4.79 Å². The summed E-state index contributed by atoms with van der Waals surface area (Å²) in [7, 11) is 0. The van der Waals surface area contributed by atoms with Crippen LogP contribution in [0.2, 0.25) is 0 Å². The summed E-state index contributed by atoms with van der Waals surface area (Å²) in [5.74, 6) is 1.50. The lowest BCUT2D eigenvalue weighted by atomic mass is 9.99. The molecule has 0 spiro atoms. The maximum absolute atomic E-state index is 13.6. The first-order valence-electron chi connectivity index (χ1n) is 11.8. The number of ether oxygens (including phenoxy) is 1. The zero-order chi connectivity index (χ0) is 26.9. The van der Waals surface area contributed by atoms with E-state index < -0.39 is 48.2 Å². The third-order valence-electron chi connectivity index (χ3n) is 5.21. The average Bonchev–Trinajstić information content (AvgIpc) is 2.83. The maximum atomic E-state index is 13.6. The van der Waals surface area contributed by atoms with E-state index in [0.717, 1.165) is 5.56 Å². The third kappa shape index (κ3) is 8.14. The van der Waals surface area contributed by atoms with E-state index in [1.807, 2.05) is 30.3 Å². The highest BCUT2D eigenvalue weighted by molar-refractivity contribution is 5.92. The number of nitrogens with one attached hydrogen (secondary N) is 2. The first kappa shape index (κ1) is 28.4. The van der Waals surface area contributed by atoms with Crippen molar-refractivity contribution in [3.8, 4) is 12.3 Å². The van der Waals surface area contributed by atoms with Crippen LogP contribution in [0.15, 0.2) is 54.6 Å². The molecule has 2 atom stereocenters. The van der Waals surface area contributed by atoms with Gasteiger partial charge in [0.15, 0.2) is 0 Å². The maximum Gasteiger partial charge on any atom is 0.408 e. The van der Waals surface area contributed by atoms with E-state index in [-0.39, 0.29) is 6.54 Å². The minimum atomic E-state index is -1.31. The van der Waals surface area contributed by atoms with E-state index in [9.17, 15) is 19.5 Å². The van der Waals surface area contributed by atoms with Crippen molar-refractivity contribution in [1.29, 1.82) is 0 Å². The van der Waals surface area contributed by atoms with Gasteiger partial charge in [-0.3, -0.25) is 9.59 Å². The molecule has 8 nitrogen and oxygen atoms in total. The van der Waals surface area contributed by atoms with Gasteiger partial charge in [-0.15, -0.1) is 6.42 Å². The molecule has 0 saturated heterocycles. The number of carbonyl (C=O) groups excluding carboxylic acids is 3. The number of hydrogen-bond donors (Lipinski definition) is 3. The van der Waals surface area contributed by atoms with Gasteiger partial charge in [-0.2, -0.15) is 0 Å². The topological polar surface area (TPSA) is 108 Å². The monoisotopic (exact) mass is 493 g/mol. The third-order valence-corrected chi connectivity index (χ3v) is 5.21. The second-order valence-corrected chi connectivity index (χ2v) is 9.59. The molecule has 0 aliphatic heterocycles. The Morgan fingerprint density at radius 3 is 2.17 bits per heavy atom. The van der Waals surface area contributed by atoms with Crippen LogP contribution in [-0.2, 0) is 20.9 Å². The van der Waals surface area contributed by atoms with Crippen molar-refractivity contribution >= 4 is 17.9 Å². The summed E-state index contributed by atoms with van der Waals surface area (Å²) in [6, 6.07) is 13.4. The van der Waals surface area contributed by atoms with Crippen LogP contribution < -0.4 is 10.6 Å². The van der Waals surface area contributed by atoms with Gasteiger partial charge >= 0.3 is 6.09 Å². The molecule has 0 aliphatic carbocycles. The summed E-state index contributed by atoms with van der Waals surface area (Å²) < 4.78 is 5.24. The lowest BCUT2D eigenvalue weighted by Gasteiger charge is -2.37. The summed E-state index contributed by atoms with van der Waals surface area (Å²) >= 11 is 0. The number of benzene rings is 2. The number of carbonyl (C=O) groups is 3. The van der Waals surface area contributed by atoms with Crippen LogP contribution >= 0.6 is 0 Å². The van der Waals surface area contributed by atoms with E-state index in [0.29, 0.717) is 11.1 Å². The van der Waals surface area contributed by atoms with Gasteiger partial charge in [0, 0.05) is 18.2 Å². The molecule has 192 valence electrons. The molecule has 0 bridgehead atoms. The highest BCUT2D eigenvalue weighted by Crippen LogP contribution is 2.25. The van der Waals surface area contributed by atoms with Crippen molar-refractivity contribution in [2.75, 3.05) is 6.61 Å². The molecule has 36 heavy (non-hydrogen) atoms. The Labute approximate surface area is 213 Å². The predicted octanol–water partition coefficient (Wildman–Crippen LogP) is 3.15. The average molecular weight is 494 g/mol. The quantitative estimate of drug-likeness (QED) is 0.465. The Morgan fingerprint density at radius 2 is 1.67 bits per heavy atom. The first-order chi connectivity index (χ1) is 17.0. The molecule has 0 radical (unpaired) electrons. The summed E-state index contributed by atoms with van der Waals surface area (Å²) in [4.78, 5) is 40.8. The number of hydrogen-bond acceptors (Lipinski definition) is 5. The number of aliphatic hydroxyl groups is 1. The standard InChI is InChI=1S/C28H35N3O5/c1-7-20-13-15-22(16-14-20)24(25(33)29-17-21-11-9-8-10-12-21)31(19(2)3)26(34)23(18-32)30-27(35)36-28(4,5)6/h1,8-16,19,23-24,32H,17-18H2,2-6H3,(H,29,33)(H,30,35). The molecule has 0 heterocycles. The van der Waals surface area contributed by atoms with Crippen molar-refractivity contribution in [3.05, 3.63) is 71.3 Å². The SMILES string of the molecule is C#Cc1ccc(C(C(=O)NCc2ccccc2)N(C(=O)C(CO)NC(=O)OC(C)(C)C)C(C)C)cc1. The van der Waals surface area contributed by atoms with Gasteiger partial charge in [0.25, 0.3) is 0 Å². The Morgan fingerprint density at radius 1 is 1.06 bits per heavy atom. The summed E-state index contributed by atoms with van der Waals surface area (Å²) in [6.45, 7) is 8.18. The molecule has 3 amide bonds. The highest BCUT2D eigenvalue weighted by atomic mass is 16.6. The fourth-order valence-electron chi connectivity index (χ4n) is 3.58. The smallest absolute Gasteiger partial charge is 0.408 e. The van der Waals surface area contributed by atoms with Crippen LogP contribution in [0.5, 0.6) is 0 Å². The minimum absolute atomic E-state index is 0.262. The fourth-order valence-corrected chi connectivity index (χ4v) is 3.58. The van der Waals surface area contributed by atoms with Gasteiger partial charge < -0.3 is 25.4 Å². The predicted molar refractivity (Wildman–Crippen MR) is 138 cm³/mol. The number of rotatable bonds is 9. The number of terminal acetylenes is 1. The van der Waals surface area contributed by atoms with Crippen molar-refractivity contribution in [2.45, 2.75) is 64.9 Å². The molecule has 2 rings (SSSR count). The van der Waals surface area contributed by atoms with Crippen LogP contribution in [-0.4, -0.2) is 52.2 Å². The fraction of sp³-hybridized carbons (Fsp3) is 0.393. The van der Waals surface area contributed by atoms with E-state index in [1.165, 1.54) is 4.90 Å². The van der Waals surface area contributed by atoms with Crippen LogP contribution in [0, 0.1) is 12.3 Å². The molecule has 2 aromatic carbocycles. The van der Waals surface area contributed by atoms with Gasteiger partial charge in [-0.05, 0) is 57.9 Å². The molecule has 8 heteroatoms. The molecule has 2 aromatic rings. The zero-order valence-electron chi connectivity index (χ0n) is 21.4. The molecular weight excluding hydrogens is 458 g/mol. The number of alkyl carbamates (subject to hydrolysis) is 1. The first-order valence-corrected chi connectivity index (χ1v) is 11.8. The van der Waals surface area contributed by atoms with Crippen LogP contribution in [0.1, 0.15) is 57.4 Å². The second-order valence-electron chi connectivity index (χ2n) is 9.59. The molecule has 0 saturated carbocycles. The van der Waals surface area contributed by atoms with Gasteiger partial charge in [0.2, 0.25) is 11.8 Å². The lowest BCUT2D eigenvalue weighted by Crippen LogP contribution is -2.56. The second kappa shape index (κ2) is 12.8. The van der Waals surface area contributed by atoms with Crippen LogP contribution in [0.4, 0.5) is 4.79 Å². The van der Waals surface area contributed by atoms with Gasteiger partial charge in [-0.1, -0.05) is 48.4 Å². The molecule has 2 unspecified atom stereocenters. The lowest BCUT2D eigenvalue weighted by molar-refractivity contribution is -0.145. The van der Waals surface area contributed by atoms with E-state index in [2.05, 4.69) is 16.6 Å². The number of aliphatic hydroxyl groups excluding tert-OH is 1. The van der Waals surface area contributed by atoms with Gasteiger partial charge in [0.1, 0.15) is 17.7 Å². The molecular formula is C28H35N3O5. The van der Waals surface area contributed by atoms with Crippen molar-refractivity contribution < 1.29 is 24.2 Å². The largest absolute Gasteiger partial charge is 0.444 e. The number of amides is 3. The Bertz CT molecular complexity index is 1070. The number of nitrogens with zero attached hydrogens (tertiary/aromatic N) is 1. The van der Waals surface area contributed by atoms with E-state index in [1.54, 1.807) is 58.9 Å². The van der Waals surface area contributed by atoms with E-state index in [4.69, 9.17) is 11.2 Å². The molecule has 0 fully saturated rings. The Hall–Kier alpha value is -3.83. The molecule has 0 aliphatic rings. The minimum Gasteiger partial charge on any atom is -0.444 e. The Kier molecular flexibility index (Phi) is 10.1.